The molecule has 0 saturated carbocycles. The minimum atomic E-state index is -0.0835. The fourth-order valence-electron chi connectivity index (χ4n) is 2.89. The molecule has 0 atom stereocenters. The Bertz CT molecular complexity index is 881. The topological polar surface area (TPSA) is 38.1 Å². The summed E-state index contributed by atoms with van der Waals surface area (Å²) in [7, 11) is 0. The van der Waals surface area contributed by atoms with E-state index in [-0.39, 0.29) is 5.56 Å². The van der Waals surface area contributed by atoms with Crippen molar-refractivity contribution in [2.24, 2.45) is 0 Å². The van der Waals surface area contributed by atoms with Gasteiger partial charge in [0.25, 0.3) is 5.56 Å². The molecule has 1 fully saturated rings. The fourth-order valence-corrected chi connectivity index (χ4v) is 2.89. The molecule has 120 valence electrons. The predicted octanol–water partition coefficient (Wildman–Crippen LogP) is 3.17. The third kappa shape index (κ3) is 2.95. The van der Waals surface area contributed by atoms with Gasteiger partial charge in [-0.3, -0.25) is 4.79 Å². The Hall–Kier alpha value is -2.88. The van der Waals surface area contributed by atoms with Gasteiger partial charge in [-0.15, -0.1) is 0 Å². The van der Waals surface area contributed by atoms with E-state index in [1.807, 2.05) is 30.3 Å². The molecule has 2 heterocycles. The van der Waals surface area contributed by atoms with Crippen LogP contribution in [0.15, 0.2) is 71.5 Å². The first-order valence-corrected chi connectivity index (χ1v) is 8.27. The van der Waals surface area contributed by atoms with Crippen molar-refractivity contribution in [3.8, 4) is 11.3 Å². The van der Waals surface area contributed by atoms with Crippen LogP contribution in [0.2, 0.25) is 0 Å². The normalized spacial score (nSPS) is 13.6. The summed E-state index contributed by atoms with van der Waals surface area (Å²) in [6.07, 6.45) is 1.27. The lowest BCUT2D eigenvalue weighted by molar-refractivity contribution is 0.618. The van der Waals surface area contributed by atoms with Crippen molar-refractivity contribution >= 4 is 5.69 Å². The van der Waals surface area contributed by atoms with E-state index in [0.717, 1.165) is 29.9 Å². The van der Waals surface area contributed by atoms with Crippen molar-refractivity contribution < 1.29 is 0 Å². The van der Waals surface area contributed by atoms with Gasteiger partial charge >= 0.3 is 0 Å². The van der Waals surface area contributed by atoms with Crippen LogP contribution in [0.1, 0.15) is 12.0 Å². The Kier molecular flexibility index (Phi) is 3.87. The average molecular weight is 317 g/mol. The maximum atomic E-state index is 12.1. The Morgan fingerprint density at radius 2 is 1.62 bits per heavy atom. The van der Waals surface area contributed by atoms with Crippen LogP contribution in [0.3, 0.4) is 0 Å². The van der Waals surface area contributed by atoms with Crippen LogP contribution in [-0.2, 0) is 6.54 Å². The summed E-state index contributed by atoms with van der Waals surface area (Å²) in [5, 5.41) is 4.54. The fraction of sp³-hybridized carbons (Fsp3) is 0.200. The second-order valence-electron chi connectivity index (χ2n) is 6.09. The lowest BCUT2D eigenvalue weighted by Crippen LogP contribution is -2.36. The number of hydrogen-bond acceptors (Lipinski definition) is 3. The van der Waals surface area contributed by atoms with E-state index in [1.54, 1.807) is 12.1 Å². The molecule has 0 unspecified atom stereocenters. The van der Waals surface area contributed by atoms with Crippen LogP contribution in [-0.4, -0.2) is 22.9 Å². The van der Waals surface area contributed by atoms with Gasteiger partial charge < -0.3 is 4.90 Å². The van der Waals surface area contributed by atoms with Gasteiger partial charge in [-0.2, -0.15) is 5.10 Å². The average Bonchev–Trinajstić information content (AvgIpc) is 2.57. The Morgan fingerprint density at radius 1 is 0.875 bits per heavy atom. The molecule has 1 aliphatic heterocycles. The van der Waals surface area contributed by atoms with Crippen molar-refractivity contribution in [3.05, 3.63) is 82.6 Å². The first-order valence-electron chi connectivity index (χ1n) is 8.27. The molecule has 4 heteroatoms. The Labute approximate surface area is 141 Å². The van der Waals surface area contributed by atoms with Crippen LogP contribution in [0.25, 0.3) is 11.3 Å². The number of nitrogens with zero attached hydrogens (tertiary/aromatic N) is 3. The third-order valence-electron chi connectivity index (χ3n) is 4.43. The van der Waals surface area contributed by atoms with Gasteiger partial charge in [-0.25, -0.2) is 4.68 Å². The molecular weight excluding hydrogens is 298 g/mol. The van der Waals surface area contributed by atoms with Crippen molar-refractivity contribution in [3.63, 3.8) is 0 Å². The molecule has 0 bridgehead atoms. The number of hydrogen-bond donors (Lipinski definition) is 0. The van der Waals surface area contributed by atoms with Crippen molar-refractivity contribution in [1.29, 1.82) is 0 Å². The van der Waals surface area contributed by atoms with Crippen LogP contribution >= 0.6 is 0 Å². The second-order valence-corrected chi connectivity index (χ2v) is 6.09. The first kappa shape index (κ1) is 14.7. The standard InChI is InChI=1S/C20H19N3O/c24-20-12-11-19(21-23(20)15-16-5-2-1-3-6-16)17-7-9-18(10-8-17)22-13-4-14-22/h1-3,5-12H,4,13-15H2. The van der Waals surface area contributed by atoms with Crippen LogP contribution < -0.4 is 10.5 Å². The summed E-state index contributed by atoms with van der Waals surface area (Å²) in [6.45, 7) is 2.76. The van der Waals surface area contributed by atoms with Crippen LogP contribution in [0.4, 0.5) is 5.69 Å². The highest BCUT2D eigenvalue weighted by Crippen LogP contribution is 2.24. The van der Waals surface area contributed by atoms with E-state index in [4.69, 9.17) is 0 Å². The molecule has 2 aromatic carbocycles. The molecule has 3 aromatic rings. The largest absolute Gasteiger partial charge is 0.371 e. The zero-order valence-electron chi connectivity index (χ0n) is 13.4. The number of aromatic nitrogens is 2. The van der Waals surface area contributed by atoms with Gasteiger partial charge in [-0.05, 0) is 30.2 Å². The molecule has 0 amide bonds. The quantitative estimate of drug-likeness (QED) is 0.742. The molecule has 4 nitrogen and oxygen atoms in total. The van der Waals surface area contributed by atoms with Gasteiger partial charge in [-0.1, -0.05) is 42.5 Å². The summed E-state index contributed by atoms with van der Waals surface area (Å²) < 4.78 is 1.52. The van der Waals surface area contributed by atoms with Crippen molar-refractivity contribution in [2.75, 3.05) is 18.0 Å². The molecule has 1 aromatic heterocycles. The minimum absolute atomic E-state index is 0.0835. The van der Waals surface area contributed by atoms with Gasteiger partial charge in [0.2, 0.25) is 0 Å². The van der Waals surface area contributed by atoms with Gasteiger partial charge in [0, 0.05) is 30.4 Å². The molecule has 0 radical (unpaired) electrons. The van der Waals surface area contributed by atoms with E-state index in [2.05, 4.69) is 34.3 Å². The highest BCUT2D eigenvalue weighted by Gasteiger charge is 2.14. The number of rotatable bonds is 4. The molecule has 4 rings (SSSR count). The molecular formula is C20H19N3O. The number of anilines is 1. The molecule has 0 spiro atoms. The van der Waals surface area contributed by atoms with E-state index >= 15 is 0 Å². The van der Waals surface area contributed by atoms with Crippen LogP contribution in [0, 0.1) is 0 Å². The molecule has 1 aliphatic rings. The van der Waals surface area contributed by atoms with Gasteiger partial charge in [0.1, 0.15) is 0 Å². The maximum Gasteiger partial charge on any atom is 0.267 e. The minimum Gasteiger partial charge on any atom is -0.371 e. The lowest BCUT2D eigenvalue weighted by Gasteiger charge is -2.33. The van der Waals surface area contributed by atoms with Gasteiger partial charge in [0.15, 0.2) is 0 Å². The highest BCUT2D eigenvalue weighted by molar-refractivity contribution is 5.63. The third-order valence-corrected chi connectivity index (χ3v) is 4.43. The maximum absolute atomic E-state index is 12.1. The summed E-state index contributed by atoms with van der Waals surface area (Å²) in [5.41, 5.74) is 4.08. The summed E-state index contributed by atoms with van der Waals surface area (Å²) in [4.78, 5) is 14.4. The lowest BCUT2D eigenvalue weighted by atomic mass is 10.1. The molecule has 0 aliphatic carbocycles. The Morgan fingerprint density at radius 3 is 2.29 bits per heavy atom. The predicted molar refractivity (Wildman–Crippen MR) is 96.3 cm³/mol. The molecule has 1 saturated heterocycles. The Balaban J connectivity index is 1.61. The first-order chi connectivity index (χ1) is 11.8. The van der Waals surface area contributed by atoms with Crippen molar-refractivity contribution in [2.45, 2.75) is 13.0 Å². The van der Waals surface area contributed by atoms with Gasteiger partial charge in [0.05, 0.1) is 12.2 Å². The summed E-state index contributed by atoms with van der Waals surface area (Å²) in [5.74, 6) is 0. The van der Waals surface area contributed by atoms with Crippen molar-refractivity contribution in [1.82, 2.24) is 9.78 Å². The number of benzene rings is 2. The summed E-state index contributed by atoms with van der Waals surface area (Å²) in [6, 6.07) is 21.7. The van der Waals surface area contributed by atoms with Crippen LogP contribution in [0.5, 0.6) is 0 Å². The molecule has 24 heavy (non-hydrogen) atoms. The monoisotopic (exact) mass is 317 g/mol. The van der Waals surface area contributed by atoms with E-state index in [0.29, 0.717) is 6.54 Å². The smallest absolute Gasteiger partial charge is 0.267 e. The van der Waals surface area contributed by atoms with E-state index in [1.165, 1.54) is 16.8 Å². The van der Waals surface area contributed by atoms with E-state index in [9.17, 15) is 4.79 Å². The summed E-state index contributed by atoms with van der Waals surface area (Å²) >= 11 is 0. The highest BCUT2D eigenvalue weighted by atomic mass is 16.1. The SMILES string of the molecule is O=c1ccc(-c2ccc(N3CCC3)cc2)nn1Cc1ccccc1. The molecule has 0 N–H and O–H groups in total. The zero-order valence-corrected chi connectivity index (χ0v) is 13.4. The zero-order chi connectivity index (χ0) is 16.4. The van der Waals surface area contributed by atoms with E-state index < -0.39 is 0 Å². The second kappa shape index (κ2) is 6.32.